The molecule has 0 aliphatic heterocycles. The highest BCUT2D eigenvalue weighted by Gasteiger charge is 2.14. The van der Waals surface area contributed by atoms with Gasteiger partial charge in [-0.15, -0.1) is 11.6 Å². The number of methoxy groups -OCH3 is 1. The van der Waals surface area contributed by atoms with Crippen molar-refractivity contribution >= 4 is 17.6 Å². The van der Waals surface area contributed by atoms with Crippen LogP contribution in [0.15, 0.2) is 0 Å². The van der Waals surface area contributed by atoms with Gasteiger partial charge in [0.05, 0.1) is 7.11 Å². The summed E-state index contributed by atoms with van der Waals surface area (Å²) in [6, 6.07) is 0. The van der Waals surface area contributed by atoms with Gasteiger partial charge in [-0.3, -0.25) is 4.79 Å². The Morgan fingerprint density at radius 1 is 1.31 bits per heavy atom. The van der Waals surface area contributed by atoms with E-state index >= 15 is 0 Å². The van der Waals surface area contributed by atoms with Crippen LogP contribution in [0, 0.1) is 0 Å². The lowest BCUT2D eigenvalue weighted by atomic mass is 10.1. The molecule has 0 bridgehead atoms. The van der Waals surface area contributed by atoms with E-state index in [4.69, 9.17) is 11.6 Å². The van der Waals surface area contributed by atoms with Crippen molar-refractivity contribution in [3.05, 3.63) is 0 Å². The molecule has 78 valence electrons. The van der Waals surface area contributed by atoms with Gasteiger partial charge in [0.15, 0.2) is 0 Å². The summed E-state index contributed by atoms with van der Waals surface area (Å²) in [6.07, 6.45) is 6.66. The fraction of sp³-hybridized carbons (Fsp3) is 0.900. The van der Waals surface area contributed by atoms with E-state index in [0.29, 0.717) is 0 Å². The second kappa shape index (κ2) is 8.36. The van der Waals surface area contributed by atoms with Crippen LogP contribution in [0.25, 0.3) is 0 Å². The molecule has 0 aromatic rings. The summed E-state index contributed by atoms with van der Waals surface area (Å²) in [6.45, 7) is 2.18. The first kappa shape index (κ1) is 12.8. The van der Waals surface area contributed by atoms with Crippen molar-refractivity contribution in [1.82, 2.24) is 0 Å². The highest BCUT2D eigenvalue weighted by molar-refractivity contribution is 6.29. The van der Waals surface area contributed by atoms with Crippen LogP contribution in [-0.2, 0) is 9.53 Å². The van der Waals surface area contributed by atoms with Crippen molar-refractivity contribution in [2.24, 2.45) is 0 Å². The maximum Gasteiger partial charge on any atom is 0.323 e. The zero-order valence-electron chi connectivity index (χ0n) is 8.51. The van der Waals surface area contributed by atoms with E-state index in [-0.39, 0.29) is 5.97 Å². The minimum Gasteiger partial charge on any atom is -0.468 e. The summed E-state index contributed by atoms with van der Waals surface area (Å²) in [5.74, 6) is -0.308. The van der Waals surface area contributed by atoms with E-state index in [0.717, 1.165) is 19.3 Å². The third-order valence-electron chi connectivity index (χ3n) is 2.02. The monoisotopic (exact) mass is 206 g/mol. The quantitative estimate of drug-likeness (QED) is 0.364. The molecule has 2 nitrogen and oxygen atoms in total. The Morgan fingerprint density at radius 2 is 1.92 bits per heavy atom. The molecule has 0 aliphatic rings. The van der Waals surface area contributed by atoms with Crippen LogP contribution in [0.3, 0.4) is 0 Å². The van der Waals surface area contributed by atoms with Crippen molar-refractivity contribution in [2.75, 3.05) is 7.11 Å². The minimum absolute atomic E-state index is 0.308. The van der Waals surface area contributed by atoms with Gasteiger partial charge in [0.25, 0.3) is 0 Å². The molecule has 1 unspecified atom stereocenters. The van der Waals surface area contributed by atoms with Crippen molar-refractivity contribution in [2.45, 2.75) is 50.8 Å². The van der Waals surface area contributed by atoms with Crippen LogP contribution in [0.1, 0.15) is 45.4 Å². The number of alkyl halides is 1. The maximum absolute atomic E-state index is 10.9. The van der Waals surface area contributed by atoms with Gasteiger partial charge in [0.2, 0.25) is 0 Å². The highest BCUT2D eigenvalue weighted by atomic mass is 35.5. The van der Waals surface area contributed by atoms with Gasteiger partial charge < -0.3 is 4.74 Å². The predicted molar refractivity (Wildman–Crippen MR) is 55.0 cm³/mol. The standard InChI is InChI=1S/C10H19ClO2/c1-3-4-5-6-7-8-9(11)10(12)13-2/h9H,3-8H2,1-2H3. The maximum atomic E-state index is 10.9. The van der Waals surface area contributed by atoms with Crippen LogP contribution in [0.5, 0.6) is 0 Å². The van der Waals surface area contributed by atoms with E-state index in [9.17, 15) is 4.79 Å². The van der Waals surface area contributed by atoms with Crippen molar-refractivity contribution in [1.29, 1.82) is 0 Å². The summed E-state index contributed by atoms with van der Waals surface area (Å²) in [5, 5.41) is -0.452. The molecule has 0 fully saturated rings. The molecule has 0 N–H and O–H groups in total. The smallest absolute Gasteiger partial charge is 0.323 e. The Hall–Kier alpha value is -0.240. The third kappa shape index (κ3) is 6.88. The van der Waals surface area contributed by atoms with Crippen molar-refractivity contribution in [3.63, 3.8) is 0 Å². The molecular formula is C10H19ClO2. The fourth-order valence-electron chi connectivity index (χ4n) is 1.17. The minimum atomic E-state index is -0.452. The van der Waals surface area contributed by atoms with Crippen LogP contribution in [0.4, 0.5) is 0 Å². The number of hydrogen-bond acceptors (Lipinski definition) is 2. The average molecular weight is 207 g/mol. The molecule has 13 heavy (non-hydrogen) atoms. The lowest BCUT2D eigenvalue weighted by Gasteiger charge is -2.06. The van der Waals surface area contributed by atoms with E-state index in [2.05, 4.69) is 11.7 Å². The Balaban J connectivity index is 3.26. The molecule has 0 aliphatic carbocycles. The van der Waals surface area contributed by atoms with Gasteiger partial charge in [-0.05, 0) is 6.42 Å². The third-order valence-corrected chi connectivity index (χ3v) is 2.41. The fourth-order valence-corrected chi connectivity index (χ4v) is 1.42. The van der Waals surface area contributed by atoms with Crippen LogP contribution in [0.2, 0.25) is 0 Å². The second-order valence-corrected chi connectivity index (χ2v) is 3.72. The Morgan fingerprint density at radius 3 is 2.46 bits per heavy atom. The summed E-state index contributed by atoms with van der Waals surface area (Å²) >= 11 is 5.77. The number of halogens is 1. The van der Waals surface area contributed by atoms with Gasteiger partial charge in [-0.25, -0.2) is 0 Å². The number of esters is 1. The van der Waals surface area contributed by atoms with Gasteiger partial charge in [0, 0.05) is 0 Å². The zero-order valence-corrected chi connectivity index (χ0v) is 9.27. The number of carbonyl (C=O) groups excluding carboxylic acids is 1. The number of unbranched alkanes of at least 4 members (excludes halogenated alkanes) is 4. The topological polar surface area (TPSA) is 26.3 Å². The summed E-state index contributed by atoms with van der Waals surface area (Å²) < 4.78 is 4.52. The molecule has 0 aromatic carbocycles. The van der Waals surface area contributed by atoms with E-state index in [1.807, 2.05) is 0 Å². The van der Waals surface area contributed by atoms with Crippen molar-refractivity contribution < 1.29 is 9.53 Å². The first-order valence-electron chi connectivity index (χ1n) is 4.94. The van der Waals surface area contributed by atoms with Gasteiger partial charge in [-0.2, -0.15) is 0 Å². The number of rotatable bonds is 7. The summed E-state index contributed by atoms with van der Waals surface area (Å²) in [5.41, 5.74) is 0. The zero-order chi connectivity index (χ0) is 10.1. The molecule has 0 amide bonds. The molecule has 0 aromatic heterocycles. The molecule has 1 atom stereocenters. The molecule has 0 spiro atoms. The number of carbonyl (C=O) groups is 1. The van der Waals surface area contributed by atoms with Crippen molar-refractivity contribution in [3.8, 4) is 0 Å². The van der Waals surface area contributed by atoms with E-state index in [1.165, 1.54) is 26.4 Å². The Kier molecular flexibility index (Phi) is 8.21. The molecule has 0 heterocycles. The summed E-state index contributed by atoms with van der Waals surface area (Å²) in [7, 11) is 1.37. The molecule has 0 saturated heterocycles. The normalized spacial score (nSPS) is 12.5. The van der Waals surface area contributed by atoms with E-state index in [1.54, 1.807) is 0 Å². The first-order valence-corrected chi connectivity index (χ1v) is 5.38. The van der Waals surface area contributed by atoms with Crippen LogP contribution in [-0.4, -0.2) is 18.5 Å². The second-order valence-electron chi connectivity index (χ2n) is 3.19. The van der Waals surface area contributed by atoms with Gasteiger partial charge >= 0.3 is 5.97 Å². The van der Waals surface area contributed by atoms with E-state index < -0.39 is 5.38 Å². The lowest BCUT2D eigenvalue weighted by molar-refractivity contribution is -0.140. The summed E-state index contributed by atoms with van der Waals surface area (Å²) in [4.78, 5) is 10.9. The molecular weight excluding hydrogens is 188 g/mol. The number of ether oxygens (including phenoxy) is 1. The molecule has 3 heteroatoms. The van der Waals surface area contributed by atoms with Crippen LogP contribution >= 0.6 is 11.6 Å². The van der Waals surface area contributed by atoms with Crippen LogP contribution < -0.4 is 0 Å². The average Bonchev–Trinajstić information content (AvgIpc) is 2.16. The highest BCUT2D eigenvalue weighted by Crippen LogP contribution is 2.11. The molecule has 0 radical (unpaired) electrons. The first-order chi connectivity index (χ1) is 6.22. The van der Waals surface area contributed by atoms with Gasteiger partial charge in [-0.1, -0.05) is 39.0 Å². The number of hydrogen-bond donors (Lipinski definition) is 0. The largest absolute Gasteiger partial charge is 0.468 e. The molecule has 0 rings (SSSR count). The lowest BCUT2D eigenvalue weighted by Crippen LogP contribution is -2.15. The predicted octanol–water partition coefficient (Wildman–Crippen LogP) is 3.13. The SMILES string of the molecule is CCCCCCCC(Cl)C(=O)OC. The Bertz CT molecular complexity index is 137. The molecule has 0 saturated carbocycles. The Labute approximate surface area is 85.6 Å². The van der Waals surface area contributed by atoms with Gasteiger partial charge in [0.1, 0.15) is 5.38 Å².